The van der Waals surface area contributed by atoms with Gasteiger partial charge in [0.25, 0.3) is 5.91 Å². The summed E-state index contributed by atoms with van der Waals surface area (Å²) in [5.41, 5.74) is 3.20. The molecular formula is C22H29ClN6O. The number of benzene rings is 1. The van der Waals surface area contributed by atoms with Crippen LogP contribution in [0.3, 0.4) is 0 Å². The summed E-state index contributed by atoms with van der Waals surface area (Å²) < 4.78 is 1.74. The fourth-order valence-electron chi connectivity index (χ4n) is 4.15. The van der Waals surface area contributed by atoms with Crippen LogP contribution in [0.25, 0.3) is 22.0 Å². The van der Waals surface area contributed by atoms with Gasteiger partial charge in [0.05, 0.1) is 11.2 Å². The van der Waals surface area contributed by atoms with Crippen molar-refractivity contribution >= 4 is 28.4 Å². The van der Waals surface area contributed by atoms with E-state index >= 15 is 0 Å². The fraction of sp³-hybridized carbons (Fsp3) is 0.500. The predicted molar refractivity (Wildman–Crippen MR) is 120 cm³/mol. The second kappa shape index (κ2) is 8.04. The highest BCUT2D eigenvalue weighted by atomic mass is 35.5. The van der Waals surface area contributed by atoms with Crippen molar-refractivity contribution in [3.63, 3.8) is 0 Å². The molecule has 0 radical (unpaired) electrons. The summed E-state index contributed by atoms with van der Waals surface area (Å²) in [5.74, 6) is -0.133. The number of carbonyl (C=O) groups is 1. The van der Waals surface area contributed by atoms with Crippen molar-refractivity contribution in [3.8, 4) is 11.1 Å². The normalized spacial score (nSPS) is 16.3. The average molecular weight is 429 g/mol. The number of aryl methyl sites for hydroxylation is 1. The first-order valence-corrected chi connectivity index (χ1v) is 10.8. The van der Waals surface area contributed by atoms with Gasteiger partial charge in [-0.05, 0) is 36.0 Å². The molecule has 0 spiro atoms. The van der Waals surface area contributed by atoms with Crippen molar-refractivity contribution in [3.05, 3.63) is 35.2 Å². The van der Waals surface area contributed by atoms with Gasteiger partial charge in [0.1, 0.15) is 11.2 Å². The number of fused-ring (bicyclic) bond motifs is 1. The number of likely N-dealkylation sites (tertiary alicyclic amines) is 1. The number of carbonyl (C=O) groups excluding carboxylic acids is 1. The fourth-order valence-corrected chi connectivity index (χ4v) is 4.41. The Labute approximate surface area is 181 Å². The van der Waals surface area contributed by atoms with Gasteiger partial charge in [-0.2, -0.15) is 10.2 Å². The summed E-state index contributed by atoms with van der Waals surface area (Å²) in [5, 5.41) is 15.8. The van der Waals surface area contributed by atoms with Gasteiger partial charge in [0.15, 0.2) is 0 Å². The molecule has 3 heterocycles. The number of halogens is 1. The Bertz CT molecular complexity index is 1060. The molecule has 2 aromatic heterocycles. The van der Waals surface area contributed by atoms with Crippen molar-refractivity contribution in [2.45, 2.75) is 39.7 Å². The lowest BCUT2D eigenvalue weighted by Gasteiger charge is -2.36. The third kappa shape index (κ3) is 4.52. The summed E-state index contributed by atoms with van der Waals surface area (Å²) in [6.45, 7) is 9.86. The van der Waals surface area contributed by atoms with Crippen molar-refractivity contribution in [1.29, 1.82) is 0 Å². The van der Waals surface area contributed by atoms with E-state index in [-0.39, 0.29) is 17.4 Å². The van der Waals surface area contributed by atoms with Gasteiger partial charge >= 0.3 is 0 Å². The van der Waals surface area contributed by atoms with Crippen LogP contribution in [0.2, 0.25) is 5.02 Å². The molecule has 2 N–H and O–H groups in total. The Hall–Kier alpha value is -2.38. The molecule has 8 heteroatoms. The van der Waals surface area contributed by atoms with Gasteiger partial charge in [-0.15, -0.1) is 0 Å². The van der Waals surface area contributed by atoms with E-state index in [2.05, 4.69) is 46.3 Å². The first-order valence-electron chi connectivity index (χ1n) is 10.4. The van der Waals surface area contributed by atoms with Crippen LogP contribution in [0, 0.1) is 5.41 Å². The predicted octanol–water partition coefficient (Wildman–Crippen LogP) is 3.86. The summed E-state index contributed by atoms with van der Waals surface area (Å²) >= 11 is 6.45. The van der Waals surface area contributed by atoms with Crippen molar-refractivity contribution in [2.24, 2.45) is 12.5 Å². The molecule has 1 aliphatic heterocycles. The number of hydrogen-bond donors (Lipinski definition) is 2. The molecule has 160 valence electrons. The topological polar surface area (TPSA) is 78.8 Å². The number of piperidine rings is 1. The molecule has 30 heavy (non-hydrogen) atoms. The van der Waals surface area contributed by atoms with E-state index in [1.54, 1.807) is 10.9 Å². The lowest BCUT2D eigenvalue weighted by atomic mass is 9.94. The maximum absolute atomic E-state index is 13.0. The number of nitrogens with one attached hydrogen (secondary N) is 2. The molecule has 3 aromatic rings. The Morgan fingerprint density at radius 3 is 2.63 bits per heavy atom. The van der Waals surface area contributed by atoms with E-state index in [1.165, 1.54) is 0 Å². The number of hydrogen-bond acceptors (Lipinski definition) is 4. The zero-order valence-electron chi connectivity index (χ0n) is 18.0. The van der Waals surface area contributed by atoms with Crippen LogP contribution in [-0.4, -0.2) is 56.5 Å². The number of nitrogens with zero attached hydrogens (tertiary/aromatic N) is 4. The molecule has 1 saturated heterocycles. The molecule has 0 bridgehead atoms. The lowest BCUT2D eigenvalue weighted by molar-refractivity contribution is 0.0892. The van der Waals surface area contributed by atoms with Crippen LogP contribution in [0.1, 0.15) is 44.1 Å². The van der Waals surface area contributed by atoms with E-state index in [1.807, 2.05) is 25.4 Å². The largest absolute Gasteiger partial charge is 0.348 e. The Morgan fingerprint density at radius 2 is 2.00 bits per heavy atom. The summed E-state index contributed by atoms with van der Waals surface area (Å²) in [6, 6.07) is 3.97. The number of amides is 1. The second-order valence-electron chi connectivity index (χ2n) is 9.44. The molecular weight excluding hydrogens is 400 g/mol. The third-order valence-corrected chi connectivity index (χ3v) is 5.79. The molecule has 7 nitrogen and oxygen atoms in total. The standard InChI is InChI=1S/C22H29ClN6O/c1-22(2,3)13-29-7-5-16(6-8-29)25-21(30)20-17-9-14(15-11-24-28(4)12-15)10-18(23)19(17)26-27-20/h9-12,16H,5-8,13H2,1-4H3,(H,25,30)(H,26,27). The van der Waals surface area contributed by atoms with E-state index in [4.69, 9.17) is 11.6 Å². The maximum Gasteiger partial charge on any atom is 0.270 e. The average Bonchev–Trinajstić information content (AvgIpc) is 3.28. The highest BCUT2D eigenvalue weighted by Crippen LogP contribution is 2.31. The quantitative estimate of drug-likeness (QED) is 0.661. The minimum atomic E-state index is -0.133. The lowest BCUT2D eigenvalue weighted by Crippen LogP contribution is -2.46. The van der Waals surface area contributed by atoms with E-state index < -0.39 is 0 Å². The highest BCUT2D eigenvalue weighted by Gasteiger charge is 2.25. The Kier molecular flexibility index (Phi) is 5.59. The minimum Gasteiger partial charge on any atom is -0.348 e. The van der Waals surface area contributed by atoms with E-state index in [0.717, 1.165) is 49.0 Å². The van der Waals surface area contributed by atoms with Crippen LogP contribution < -0.4 is 5.32 Å². The number of rotatable bonds is 4. The highest BCUT2D eigenvalue weighted by molar-refractivity contribution is 6.36. The Balaban J connectivity index is 1.49. The van der Waals surface area contributed by atoms with Crippen LogP contribution >= 0.6 is 11.6 Å². The SMILES string of the molecule is Cn1cc(-c2cc(Cl)c3n[nH]c(C(=O)NC4CCN(CC(C)(C)C)CC4)c3c2)cn1. The van der Waals surface area contributed by atoms with Gasteiger partial charge in [-0.1, -0.05) is 32.4 Å². The summed E-state index contributed by atoms with van der Waals surface area (Å²) in [4.78, 5) is 15.5. The zero-order valence-corrected chi connectivity index (χ0v) is 18.8. The van der Waals surface area contributed by atoms with Crippen molar-refractivity contribution in [1.82, 2.24) is 30.2 Å². The van der Waals surface area contributed by atoms with Gasteiger partial charge in [-0.25, -0.2) is 0 Å². The van der Waals surface area contributed by atoms with Crippen LogP contribution in [-0.2, 0) is 7.05 Å². The number of H-pyrrole nitrogens is 1. The van der Waals surface area contributed by atoms with E-state index in [9.17, 15) is 4.79 Å². The second-order valence-corrected chi connectivity index (χ2v) is 9.85. The molecule has 0 saturated carbocycles. The molecule has 0 atom stereocenters. The number of aromatic amines is 1. The molecule has 4 rings (SSSR count). The molecule has 0 unspecified atom stereocenters. The number of aromatic nitrogens is 4. The third-order valence-electron chi connectivity index (χ3n) is 5.50. The first-order chi connectivity index (χ1) is 14.2. The van der Waals surface area contributed by atoms with Crippen LogP contribution in [0.4, 0.5) is 0 Å². The molecule has 1 aliphatic rings. The van der Waals surface area contributed by atoms with Crippen molar-refractivity contribution in [2.75, 3.05) is 19.6 Å². The molecule has 0 aliphatic carbocycles. The van der Waals surface area contributed by atoms with Gasteiger partial charge in [0.2, 0.25) is 0 Å². The van der Waals surface area contributed by atoms with Gasteiger partial charge < -0.3 is 10.2 Å². The molecule has 1 fully saturated rings. The Morgan fingerprint density at radius 1 is 1.27 bits per heavy atom. The van der Waals surface area contributed by atoms with Gasteiger partial charge in [0, 0.05) is 49.9 Å². The van der Waals surface area contributed by atoms with Crippen LogP contribution in [0.5, 0.6) is 0 Å². The maximum atomic E-state index is 13.0. The molecule has 1 aromatic carbocycles. The summed E-state index contributed by atoms with van der Waals surface area (Å²) in [7, 11) is 1.87. The van der Waals surface area contributed by atoms with Crippen molar-refractivity contribution < 1.29 is 4.79 Å². The van der Waals surface area contributed by atoms with Gasteiger partial charge in [-0.3, -0.25) is 14.6 Å². The minimum absolute atomic E-state index is 0.133. The van der Waals surface area contributed by atoms with E-state index in [0.29, 0.717) is 16.2 Å². The monoisotopic (exact) mass is 428 g/mol. The molecule has 1 amide bonds. The first kappa shape index (κ1) is 20.9. The zero-order chi connectivity index (χ0) is 21.5. The smallest absolute Gasteiger partial charge is 0.270 e. The summed E-state index contributed by atoms with van der Waals surface area (Å²) in [6.07, 6.45) is 5.61. The van der Waals surface area contributed by atoms with Crippen LogP contribution in [0.15, 0.2) is 24.5 Å².